The first-order valence-corrected chi connectivity index (χ1v) is 4.88. The minimum absolute atomic E-state index is 0.0759. The molecular weight excluding hydrogens is 200 g/mol. The van der Waals surface area contributed by atoms with Crippen LogP contribution in [0.25, 0.3) is 0 Å². The van der Waals surface area contributed by atoms with Crippen LogP contribution in [-0.2, 0) is 14.3 Å². The number of cyclic esters (lactones) is 1. The van der Waals surface area contributed by atoms with Crippen molar-refractivity contribution >= 4 is 12.1 Å². The van der Waals surface area contributed by atoms with Crippen LogP contribution in [-0.4, -0.2) is 48.8 Å². The van der Waals surface area contributed by atoms with Crippen LogP contribution in [0.15, 0.2) is 0 Å². The number of ether oxygens (including phenoxy) is 2. The number of nitrogens with zero attached hydrogens (tertiary/aromatic N) is 1. The molecule has 1 unspecified atom stereocenters. The second-order valence-electron chi connectivity index (χ2n) is 3.66. The summed E-state index contributed by atoms with van der Waals surface area (Å²) in [5.41, 5.74) is 5.35. The van der Waals surface area contributed by atoms with Crippen LogP contribution in [0.1, 0.15) is 13.8 Å². The molecule has 1 amide bonds. The quantitative estimate of drug-likeness (QED) is 0.653. The number of hydrogen-bond donors (Lipinski definition) is 1. The maximum absolute atomic E-state index is 11.2. The van der Waals surface area contributed by atoms with Crippen LogP contribution in [0.4, 0.5) is 4.79 Å². The fourth-order valence-corrected chi connectivity index (χ4v) is 1.28. The predicted octanol–water partition coefficient (Wildman–Crippen LogP) is -0.282. The highest BCUT2D eigenvalue weighted by atomic mass is 16.6. The molecule has 1 fully saturated rings. The number of rotatable bonds is 4. The number of nitrogens with two attached hydrogens (primary N) is 1. The Balaban J connectivity index is 2.39. The van der Waals surface area contributed by atoms with Crippen LogP contribution >= 0.6 is 0 Å². The zero-order valence-electron chi connectivity index (χ0n) is 8.93. The summed E-state index contributed by atoms with van der Waals surface area (Å²) in [4.78, 5) is 23.7. The van der Waals surface area contributed by atoms with Crippen molar-refractivity contribution in [3.05, 3.63) is 0 Å². The second-order valence-corrected chi connectivity index (χ2v) is 3.66. The number of amides is 1. The van der Waals surface area contributed by atoms with Crippen molar-refractivity contribution in [1.82, 2.24) is 4.90 Å². The summed E-state index contributed by atoms with van der Waals surface area (Å²) >= 11 is 0. The lowest BCUT2D eigenvalue weighted by Crippen LogP contribution is -2.34. The third kappa shape index (κ3) is 3.39. The van der Waals surface area contributed by atoms with Gasteiger partial charge in [0, 0.05) is 6.54 Å². The van der Waals surface area contributed by atoms with Crippen LogP contribution in [0.3, 0.4) is 0 Å². The molecule has 1 atom stereocenters. The van der Waals surface area contributed by atoms with Gasteiger partial charge >= 0.3 is 12.1 Å². The van der Waals surface area contributed by atoms with Gasteiger partial charge in [-0.3, -0.25) is 9.69 Å². The number of carbonyl (C=O) groups is 2. The maximum atomic E-state index is 11.2. The standard InChI is InChI=1S/C9H16N2O4/c1-6(2)14-8(12)5-11-4-7(3-10)15-9(11)13/h6-7H,3-5,10H2,1-2H3. The molecule has 0 aromatic heterocycles. The molecule has 86 valence electrons. The van der Waals surface area contributed by atoms with Gasteiger partial charge in [0.2, 0.25) is 0 Å². The minimum atomic E-state index is -0.508. The molecule has 1 aliphatic rings. The summed E-state index contributed by atoms with van der Waals surface area (Å²) in [7, 11) is 0. The molecule has 1 heterocycles. The van der Waals surface area contributed by atoms with Gasteiger partial charge in [-0.15, -0.1) is 0 Å². The predicted molar refractivity (Wildman–Crippen MR) is 52.1 cm³/mol. The minimum Gasteiger partial charge on any atom is -0.462 e. The van der Waals surface area contributed by atoms with E-state index in [1.54, 1.807) is 13.8 Å². The van der Waals surface area contributed by atoms with Gasteiger partial charge in [-0.05, 0) is 13.8 Å². The smallest absolute Gasteiger partial charge is 0.410 e. The third-order valence-electron chi connectivity index (χ3n) is 1.90. The molecule has 0 saturated carbocycles. The summed E-state index contributed by atoms with van der Waals surface area (Å²) < 4.78 is 9.79. The molecule has 2 N–H and O–H groups in total. The van der Waals surface area contributed by atoms with E-state index in [0.717, 1.165) is 0 Å². The second kappa shape index (κ2) is 4.97. The van der Waals surface area contributed by atoms with Gasteiger partial charge in [0.05, 0.1) is 12.6 Å². The molecule has 0 bridgehead atoms. The molecule has 1 aliphatic heterocycles. The Morgan fingerprint density at radius 2 is 2.40 bits per heavy atom. The molecule has 15 heavy (non-hydrogen) atoms. The highest BCUT2D eigenvalue weighted by Gasteiger charge is 2.31. The number of carbonyl (C=O) groups excluding carboxylic acids is 2. The first kappa shape index (κ1) is 11.8. The molecule has 0 spiro atoms. The molecule has 0 aromatic carbocycles. The first-order valence-electron chi connectivity index (χ1n) is 4.88. The topological polar surface area (TPSA) is 81.9 Å². The largest absolute Gasteiger partial charge is 0.462 e. The van der Waals surface area contributed by atoms with Gasteiger partial charge in [0.25, 0.3) is 0 Å². The monoisotopic (exact) mass is 216 g/mol. The third-order valence-corrected chi connectivity index (χ3v) is 1.90. The van der Waals surface area contributed by atoms with Crippen molar-refractivity contribution in [3.63, 3.8) is 0 Å². The van der Waals surface area contributed by atoms with Crippen molar-refractivity contribution < 1.29 is 19.1 Å². The Morgan fingerprint density at radius 1 is 1.73 bits per heavy atom. The van der Waals surface area contributed by atoms with Crippen molar-refractivity contribution in [3.8, 4) is 0 Å². The Kier molecular flexibility index (Phi) is 3.90. The number of esters is 1. The molecule has 1 saturated heterocycles. The Morgan fingerprint density at radius 3 is 2.87 bits per heavy atom. The summed E-state index contributed by atoms with van der Waals surface area (Å²) in [6.07, 6.45) is -1.00. The lowest BCUT2D eigenvalue weighted by molar-refractivity contribution is -0.147. The maximum Gasteiger partial charge on any atom is 0.410 e. The van der Waals surface area contributed by atoms with Gasteiger partial charge < -0.3 is 15.2 Å². The average Bonchev–Trinajstić information content (AvgIpc) is 2.46. The van der Waals surface area contributed by atoms with E-state index in [4.69, 9.17) is 15.2 Å². The molecule has 0 aromatic rings. The lowest BCUT2D eigenvalue weighted by Gasteiger charge is -2.13. The summed E-state index contributed by atoms with van der Waals surface area (Å²) in [6, 6.07) is 0. The molecule has 6 nitrogen and oxygen atoms in total. The van der Waals surface area contributed by atoms with Gasteiger partial charge in [0.1, 0.15) is 12.6 Å². The van der Waals surface area contributed by atoms with Crippen molar-refractivity contribution in [1.29, 1.82) is 0 Å². The van der Waals surface area contributed by atoms with Gasteiger partial charge in [0.15, 0.2) is 0 Å². The molecule has 6 heteroatoms. The zero-order chi connectivity index (χ0) is 11.4. The Hall–Kier alpha value is -1.30. The van der Waals surface area contributed by atoms with Crippen molar-refractivity contribution in [2.75, 3.05) is 19.6 Å². The van der Waals surface area contributed by atoms with E-state index < -0.39 is 12.1 Å². The lowest BCUT2D eigenvalue weighted by atomic mass is 10.3. The van der Waals surface area contributed by atoms with E-state index in [2.05, 4.69) is 0 Å². The average molecular weight is 216 g/mol. The summed E-state index contributed by atoms with van der Waals surface area (Å²) in [6.45, 7) is 4.04. The Bertz CT molecular complexity index is 254. The van der Waals surface area contributed by atoms with Crippen LogP contribution in [0.5, 0.6) is 0 Å². The van der Waals surface area contributed by atoms with E-state index in [0.29, 0.717) is 6.54 Å². The van der Waals surface area contributed by atoms with Crippen molar-refractivity contribution in [2.24, 2.45) is 5.73 Å². The Labute approximate surface area is 88.3 Å². The fraction of sp³-hybridized carbons (Fsp3) is 0.778. The zero-order valence-corrected chi connectivity index (χ0v) is 8.93. The van der Waals surface area contributed by atoms with E-state index in [1.807, 2.05) is 0 Å². The van der Waals surface area contributed by atoms with E-state index in [-0.39, 0.29) is 25.3 Å². The van der Waals surface area contributed by atoms with Gasteiger partial charge in [-0.1, -0.05) is 0 Å². The van der Waals surface area contributed by atoms with E-state index in [1.165, 1.54) is 4.90 Å². The SMILES string of the molecule is CC(C)OC(=O)CN1CC(CN)OC1=O. The van der Waals surface area contributed by atoms with Crippen LogP contribution in [0, 0.1) is 0 Å². The molecule has 1 rings (SSSR count). The molecule has 0 radical (unpaired) electrons. The fourth-order valence-electron chi connectivity index (χ4n) is 1.28. The highest BCUT2D eigenvalue weighted by Crippen LogP contribution is 2.09. The molecular formula is C9H16N2O4. The van der Waals surface area contributed by atoms with E-state index >= 15 is 0 Å². The molecule has 0 aliphatic carbocycles. The van der Waals surface area contributed by atoms with E-state index in [9.17, 15) is 9.59 Å². The van der Waals surface area contributed by atoms with Crippen LogP contribution in [0.2, 0.25) is 0 Å². The number of hydrogen-bond acceptors (Lipinski definition) is 5. The summed E-state index contributed by atoms with van der Waals surface area (Å²) in [5, 5.41) is 0. The normalized spacial score (nSPS) is 20.7. The highest BCUT2D eigenvalue weighted by molar-refractivity contribution is 5.79. The van der Waals surface area contributed by atoms with Gasteiger partial charge in [-0.25, -0.2) is 4.79 Å². The van der Waals surface area contributed by atoms with Gasteiger partial charge in [-0.2, -0.15) is 0 Å². The van der Waals surface area contributed by atoms with Crippen LogP contribution < -0.4 is 5.73 Å². The summed E-state index contributed by atoms with van der Waals surface area (Å²) in [5.74, 6) is -0.431. The van der Waals surface area contributed by atoms with Crippen molar-refractivity contribution in [2.45, 2.75) is 26.1 Å². The first-order chi connectivity index (χ1) is 7.02.